The molecule has 2 atom stereocenters. The molecule has 2 rings (SSSR count). The van der Waals surface area contributed by atoms with E-state index in [1.165, 1.54) is 5.56 Å². The summed E-state index contributed by atoms with van der Waals surface area (Å²) in [5.41, 5.74) is 0.700. The van der Waals surface area contributed by atoms with E-state index in [1.807, 2.05) is 39.0 Å². The van der Waals surface area contributed by atoms with Gasteiger partial charge in [-0.1, -0.05) is 42.5 Å². The smallest absolute Gasteiger partial charge is 0.407 e. The van der Waals surface area contributed by atoms with Crippen molar-refractivity contribution in [3.63, 3.8) is 0 Å². The maximum absolute atomic E-state index is 11.8. The molecule has 114 valence electrons. The fraction of sp³-hybridized carbons (Fsp3) is 0.471. The Balaban J connectivity index is 1.91. The second-order valence-corrected chi connectivity index (χ2v) is 6.34. The molecular weight excluding hydrogens is 264 g/mol. The summed E-state index contributed by atoms with van der Waals surface area (Å²) in [6, 6.07) is 10.2. The van der Waals surface area contributed by atoms with Gasteiger partial charge in [-0.3, -0.25) is 0 Å². The van der Waals surface area contributed by atoms with Crippen LogP contribution in [0.4, 0.5) is 4.79 Å². The highest BCUT2D eigenvalue weighted by atomic mass is 16.6. The fourth-order valence-electron chi connectivity index (χ4n) is 2.32. The number of hydrogen-bond acceptors (Lipinski definition) is 3. The minimum Gasteiger partial charge on any atom is -0.444 e. The first-order valence-electron chi connectivity index (χ1n) is 7.37. The molecule has 0 radical (unpaired) electrons. The highest BCUT2D eigenvalue weighted by Crippen LogP contribution is 2.14. The first-order chi connectivity index (χ1) is 9.94. The van der Waals surface area contributed by atoms with Crippen molar-refractivity contribution in [2.75, 3.05) is 13.1 Å². The average molecular weight is 288 g/mol. The van der Waals surface area contributed by atoms with Crippen LogP contribution < -0.4 is 10.6 Å². The van der Waals surface area contributed by atoms with Gasteiger partial charge in [0.25, 0.3) is 0 Å². The van der Waals surface area contributed by atoms with Crippen molar-refractivity contribution in [1.29, 1.82) is 0 Å². The van der Waals surface area contributed by atoms with Crippen LogP contribution in [0.2, 0.25) is 0 Å². The van der Waals surface area contributed by atoms with E-state index in [1.54, 1.807) is 0 Å². The molecule has 0 bridgehead atoms. The van der Waals surface area contributed by atoms with Gasteiger partial charge in [-0.2, -0.15) is 0 Å². The van der Waals surface area contributed by atoms with Gasteiger partial charge >= 0.3 is 6.09 Å². The van der Waals surface area contributed by atoms with Gasteiger partial charge in [0.05, 0.1) is 6.04 Å². The van der Waals surface area contributed by atoms with Crippen LogP contribution in [0.5, 0.6) is 0 Å². The van der Waals surface area contributed by atoms with E-state index in [-0.39, 0.29) is 18.1 Å². The Bertz CT molecular complexity index is 491. The third kappa shape index (κ3) is 5.23. The predicted molar refractivity (Wildman–Crippen MR) is 85.0 cm³/mol. The van der Waals surface area contributed by atoms with Crippen molar-refractivity contribution in [2.24, 2.45) is 5.92 Å². The Labute approximate surface area is 126 Å². The Morgan fingerprint density at radius 2 is 2.00 bits per heavy atom. The van der Waals surface area contributed by atoms with Gasteiger partial charge in [0.1, 0.15) is 5.60 Å². The molecule has 4 heteroatoms. The minimum absolute atomic E-state index is 0.0693. The number of rotatable bonds is 3. The Morgan fingerprint density at radius 1 is 1.29 bits per heavy atom. The van der Waals surface area contributed by atoms with Crippen LogP contribution >= 0.6 is 0 Å². The molecule has 0 aromatic heterocycles. The predicted octanol–water partition coefficient (Wildman–Crippen LogP) is 2.81. The van der Waals surface area contributed by atoms with E-state index in [0.29, 0.717) is 0 Å². The van der Waals surface area contributed by atoms with Gasteiger partial charge in [-0.05, 0) is 26.3 Å². The standard InChI is InChI=1S/C17H24N2O2/c1-17(2,3)21-16(20)19-15-12-18-11-14(15)10-9-13-7-5-4-6-8-13/h4-10,14-15,18H,11-12H2,1-3H3,(H,19,20)/t14-,15-/m1/s1. The number of carbonyl (C=O) groups excluding carboxylic acids is 1. The lowest BCUT2D eigenvalue weighted by Crippen LogP contribution is -2.42. The molecule has 1 aromatic carbocycles. The molecule has 0 aliphatic carbocycles. The molecule has 0 unspecified atom stereocenters. The van der Waals surface area contributed by atoms with Gasteiger partial charge in [-0.15, -0.1) is 0 Å². The van der Waals surface area contributed by atoms with Crippen LogP contribution in [0.3, 0.4) is 0 Å². The molecule has 1 heterocycles. The molecule has 1 aliphatic rings. The molecule has 1 aliphatic heterocycles. The summed E-state index contributed by atoms with van der Waals surface area (Å²) in [5, 5.41) is 6.25. The van der Waals surface area contributed by atoms with Gasteiger partial charge in [0.2, 0.25) is 0 Å². The van der Waals surface area contributed by atoms with Crippen molar-refractivity contribution >= 4 is 12.2 Å². The zero-order valence-electron chi connectivity index (χ0n) is 12.9. The minimum atomic E-state index is -0.467. The Kier molecular flexibility index (Phi) is 5.02. The van der Waals surface area contributed by atoms with Crippen molar-refractivity contribution in [1.82, 2.24) is 10.6 Å². The number of benzene rings is 1. The first kappa shape index (κ1) is 15.6. The van der Waals surface area contributed by atoms with Crippen molar-refractivity contribution in [3.8, 4) is 0 Å². The molecule has 0 saturated carbocycles. The lowest BCUT2D eigenvalue weighted by Gasteiger charge is -2.23. The van der Waals surface area contributed by atoms with Crippen LogP contribution in [0.15, 0.2) is 36.4 Å². The fourth-order valence-corrected chi connectivity index (χ4v) is 2.32. The molecular formula is C17H24N2O2. The van der Waals surface area contributed by atoms with E-state index in [4.69, 9.17) is 4.74 Å². The summed E-state index contributed by atoms with van der Waals surface area (Å²) in [4.78, 5) is 11.8. The Morgan fingerprint density at radius 3 is 2.67 bits per heavy atom. The third-order valence-corrected chi connectivity index (χ3v) is 3.30. The highest BCUT2D eigenvalue weighted by Gasteiger charge is 2.28. The maximum Gasteiger partial charge on any atom is 0.407 e. The zero-order valence-corrected chi connectivity index (χ0v) is 12.9. The van der Waals surface area contributed by atoms with Crippen molar-refractivity contribution < 1.29 is 9.53 Å². The average Bonchev–Trinajstić information content (AvgIpc) is 2.82. The largest absolute Gasteiger partial charge is 0.444 e. The molecule has 1 fully saturated rings. The molecule has 21 heavy (non-hydrogen) atoms. The highest BCUT2D eigenvalue weighted by molar-refractivity contribution is 5.68. The Hall–Kier alpha value is -1.81. The summed E-state index contributed by atoms with van der Waals surface area (Å²) in [5.74, 6) is 0.276. The topological polar surface area (TPSA) is 50.4 Å². The molecule has 0 spiro atoms. The van der Waals surface area contributed by atoms with Crippen LogP contribution in [-0.4, -0.2) is 30.8 Å². The summed E-state index contributed by atoms with van der Waals surface area (Å²) >= 11 is 0. The zero-order chi connectivity index (χ0) is 15.3. The van der Waals surface area contributed by atoms with E-state index in [0.717, 1.165) is 13.1 Å². The molecule has 2 N–H and O–H groups in total. The SMILES string of the molecule is CC(C)(C)OC(=O)N[C@@H]1CNC[C@H]1C=Cc1ccccc1. The van der Waals surface area contributed by atoms with Gasteiger partial charge < -0.3 is 15.4 Å². The number of ether oxygens (including phenoxy) is 1. The summed E-state index contributed by atoms with van der Waals surface area (Å²) in [6.07, 6.45) is 3.90. The van der Waals surface area contributed by atoms with E-state index >= 15 is 0 Å². The third-order valence-electron chi connectivity index (χ3n) is 3.30. The van der Waals surface area contributed by atoms with E-state index < -0.39 is 5.60 Å². The monoisotopic (exact) mass is 288 g/mol. The summed E-state index contributed by atoms with van der Waals surface area (Å²) in [6.45, 7) is 7.23. The second kappa shape index (κ2) is 6.76. The van der Waals surface area contributed by atoms with E-state index in [2.05, 4.69) is 34.9 Å². The van der Waals surface area contributed by atoms with Crippen LogP contribution in [0.25, 0.3) is 6.08 Å². The van der Waals surface area contributed by atoms with Gasteiger partial charge in [-0.25, -0.2) is 4.79 Å². The number of amides is 1. The van der Waals surface area contributed by atoms with Gasteiger partial charge in [0.15, 0.2) is 0 Å². The maximum atomic E-state index is 11.8. The van der Waals surface area contributed by atoms with Crippen LogP contribution in [-0.2, 0) is 4.74 Å². The van der Waals surface area contributed by atoms with Gasteiger partial charge in [0, 0.05) is 19.0 Å². The van der Waals surface area contributed by atoms with Crippen LogP contribution in [0, 0.1) is 5.92 Å². The van der Waals surface area contributed by atoms with Crippen LogP contribution in [0.1, 0.15) is 26.3 Å². The molecule has 1 saturated heterocycles. The normalized spacial score (nSPS) is 22.4. The molecule has 1 aromatic rings. The molecule has 1 amide bonds. The lowest BCUT2D eigenvalue weighted by molar-refractivity contribution is 0.0502. The van der Waals surface area contributed by atoms with Crippen molar-refractivity contribution in [3.05, 3.63) is 42.0 Å². The summed E-state index contributed by atoms with van der Waals surface area (Å²) in [7, 11) is 0. The summed E-state index contributed by atoms with van der Waals surface area (Å²) < 4.78 is 5.31. The second-order valence-electron chi connectivity index (χ2n) is 6.34. The number of carbonyl (C=O) groups is 1. The quantitative estimate of drug-likeness (QED) is 0.899. The van der Waals surface area contributed by atoms with E-state index in [9.17, 15) is 4.79 Å². The lowest BCUT2D eigenvalue weighted by atomic mass is 10.0. The number of hydrogen-bond donors (Lipinski definition) is 2. The number of alkyl carbamates (subject to hydrolysis) is 1. The first-order valence-corrected chi connectivity index (χ1v) is 7.37. The molecule has 4 nitrogen and oxygen atoms in total. The number of nitrogens with one attached hydrogen (secondary N) is 2. The van der Waals surface area contributed by atoms with Crippen molar-refractivity contribution in [2.45, 2.75) is 32.4 Å².